The van der Waals surface area contributed by atoms with Gasteiger partial charge in [-0.05, 0) is 49.6 Å². The maximum absolute atomic E-state index is 13.2. The Morgan fingerprint density at radius 3 is 2.53 bits per heavy atom. The van der Waals surface area contributed by atoms with Crippen molar-refractivity contribution in [3.8, 4) is 0 Å². The van der Waals surface area contributed by atoms with E-state index in [-0.39, 0.29) is 5.82 Å². The van der Waals surface area contributed by atoms with Crippen LogP contribution < -0.4 is 5.32 Å². The van der Waals surface area contributed by atoms with Gasteiger partial charge in [-0.2, -0.15) is 0 Å². The van der Waals surface area contributed by atoms with E-state index in [1.807, 2.05) is 13.0 Å². The molecule has 0 saturated heterocycles. The fourth-order valence-electron chi connectivity index (χ4n) is 2.49. The highest BCUT2D eigenvalue weighted by molar-refractivity contribution is 5.29. The third-order valence-electron chi connectivity index (χ3n) is 3.59. The van der Waals surface area contributed by atoms with Gasteiger partial charge in [0.2, 0.25) is 0 Å². The predicted molar refractivity (Wildman–Crippen MR) is 80.9 cm³/mol. The van der Waals surface area contributed by atoms with Crippen LogP contribution in [0.15, 0.2) is 18.2 Å². The Morgan fingerprint density at radius 2 is 1.89 bits per heavy atom. The molecule has 0 heterocycles. The number of rotatable bonds is 9. The smallest absolute Gasteiger partial charge is 0.123 e. The third-order valence-corrected chi connectivity index (χ3v) is 3.59. The highest BCUT2D eigenvalue weighted by Crippen LogP contribution is 2.24. The Balaban J connectivity index is 2.66. The molecule has 0 aromatic heterocycles. The Hall–Kier alpha value is -0.890. The van der Waals surface area contributed by atoms with Crippen molar-refractivity contribution in [3.63, 3.8) is 0 Å². The van der Waals surface area contributed by atoms with E-state index in [9.17, 15) is 4.39 Å². The van der Waals surface area contributed by atoms with Gasteiger partial charge in [-0.15, -0.1) is 0 Å². The molecule has 0 spiro atoms. The number of nitrogens with one attached hydrogen (secondary N) is 1. The first-order valence-electron chi connectivity index (χ1n) is 7.68. The number of hydrogen-bond acceptors (Lipinski definition) is 1. The number of benzene rings is 1. The summed E-state index contributed by atoms with van der Waals surface area (Å²) in [5.74, 6) is -0.138. The zero-order valence-electron chi connectivity index (χ0n) is 12.6. The van der Waals surface area contributed by atoms with Gasteiger partial charge in [-0.25, -0.2) is 4.39 Å². The first-order chi connectivity index (χ1) is 9.19. The Kier molecular flexibility index (Phi) is 7.73. The molecule has 0 saturated carbocycles. The van der Waals surface area contributed by atoms with Gasteiger partial charge in [-0.3, -0.25) is 0 Å². The topological polar surface area (TPSA) is 12.0 Å². The van der Waals surface area contributed by atoms with Crippen molar-refractivity contribution >= 4 is 0 Å². The molecule has 1 aromatic carbocycles. The highest BCUT2D eigenvalue weighted by atomic mass is 19.1. The largest absolute Gasteiger partial charge is 0.310 e. The second kappa shape index (κ2) is 9.08. The summed E-state index contributed by atoms with van der Waals surface area (Å²) in [6.45, 7) is 7.44. The second-order valence-electron chi connectivity index (χ2n) is 5.36. The van der Waals surface area contributed by atoms with E-state index >= 15 is 0 Å². The summed E-state index contributed by atoms with van der Waals surface area (Å²) in [6, 6.07) is 5.53. The van der Waals surface area contributed by atoms with Crippen LogP contribution in [0.25, 0.3) is 0 Å². The standard InChI is InChI=1S/C17H28FN/c1-4-6-7-8-9-17(19-12-5-2)16-11-10-15(18)13-14(16)3/h10-11,13,17,19H,4-9,12H2,1-3H3. The van der Waals surface area contributed by atoms with E-state index in [4.69, 9.17) is 0 Å². The Bertz CT molecular complexity index is 362. The summed E-state index contributed by atoms with van der Waals surface area (Å²) < 4.78 is 13.2. The van der Waals surface area contributed by atoms with E-state index in [0.717, 1.165) is 24.9 Å². The molecule has 0 aliphatic rings. The highest BCUT2D eigenvalue weighted by Gasteiger charge is 2.13. The summed E-state index contributed by atoms with van der Waals surface area (Å²) in [4.78, 5) is 0. The summed E-state index contributed by atoms with van der Waals surface area (Å²) in [5.41, 5.74) is 2.32. The van der Waals surface area contributed by atoms with Crippen LogP contribution in [0.5, 0.6) is 0 Å². The molecule has 19 heavy (non-hydrogen) atoms. The van der Waals surface area contributed by atoms with Crippen molar-refractivity contribution in [2.24, 2.45) is 0 Å². The normalized spacial score (nSPS) is 12.6. The minimum absolute atomic E-state index is 0.138. The SMILES string of the molecule is CCCCCCC(NCCC)c1ccc(F)cc1C. The lowest BCUT2D eigenvalue weighted by molar-refractivity contribution is 0.468. The molecule has 0 bridgehead atoms. The predicted octanol–water partition coefficient (Wildman–Crippen LogP) is 5.15. The zero-order chi connectivity index (χ0) is 14.1. The number of hydrogen-bond donors (Lipinski definition) is 1. The molecule has 0 aliphatic carbocycles. The fourth-order valence-corrected chi connectivity index (χ4v) is 2.49. The van der Waals surface area contributed by atoms with Crippen LogP contribution in [-0.2, 0) is 0 Å². The van der Waals surface area contributed by atoms with Crippen molar-refractivity contribution in [1.29, 1.82) is 0 Å². The molecule has 2 heteroatoms. The first-order valence-corrected chi connectivity index (χ1v) is 7.68. The lowest BCUT2D eigenvalue weighted by Gasteiger charge is -2.21. The minimum Gasteiger partial charge on any atom is -0.310 e. The van der Waals surface area contributed by atoms with Crippen LogP contribution in [0.2, 0.25) is 0 Å². The second-order valence-corrected chi connectivity index (χ2v) is 5.36. The average molecular weight is 265 g/mol. The molecule has 108 valence electrons. The maximum atomic E-state index is 13.2. The fraction of sp³-hybridized carbons (Fsp3) is 0.647. The van der Waals surface area contributed by atoms with Gasteiger partial charge in [0.1, 0.15) is 5.82 Å². The summed E-state index contributed by atoms with van der Waals surface area (Å²) in [5, 5.41) is 3.60. The van der Waals surface area contributed by atoms with E-state index in [1.165, 1.54) is 31.2 Å². The van der Waals surface area contributed by atoms with Crippen molar-refractivity contribution in [3.05, 3.63) is 35.1 Å². The lowest BCUT2D eigenvalue weighted by atomic mass is 9.96. The molecule has 0 fully saturated rings. The van der Waals surface area contributed by atoms with E-state index in [2.05, 4.69) is 19.2 Å². The lowest BCUT2D eigenvalue weighted by Crippen LogP contribution is -2.23. The molecule has 1 atom stereocenters. The molecular weight excluding hydrogens is 237 g/mol. The van der Waals surface area contributed by atoms with E-state index in [0.29, 0.717) is 6.04 Å². The molecule has 1 N–H and O–H groups in total. The monoisotopic (exact) mass is 265 g/mol. The molecule has 1 nitrogen and oxygen atoms in total. The zero-order valence-corrected chi connectivity index (χ0v) is 12.6. The molecule has 0 aliphatic heterocycles. The van der Waals surface area contributed by atoms with Gasteiger partial charge >= 0.3 is 0 Å². The van der Waals surface area contributed by atoms with Crippen molar-refractivity contribution in [1.82, 2.24) is 5.32 Å². The average Bonchev–Trinajstić information content (AvgIpc) is 2.39. The molecule has 1 unspecified atom stereocenters. The van der Waals surface area contributed by atoms with Crippen molar-refractivity contribution < 1.29 is 4.39 Å². The summed E-state index contributed by atoms with van der Waals surface area (Å²) in [7, 11) is 0. The van der Waals surface area contributed by atoms with Crippen molar-refractivity contribution in [2.45, 2.75) is 65.3 Å². The van der Waals surface area contributed by atoms with Crippen LogP contribution >= 0.6 is 0 Å². The van der Waals surface area contributed by atoms with Crippen molar-refractivity contribution in [2.75, 3.05) is 6.54 Å². The van der Waals surface area contributed by atoms with Crippen LogP contribution in [0.1, 0.15) is 69.5 Å². The maximum Gasteiger partial charge on any atom is 0.123 e. The number of aryl methyl sites for hydroxylation is 1. The van der Waals surface area contributed by atoms with Gasteiger partial charge < -0.3 is 5.32 Å². The van der Waals surface area contributed by atoms with Gasteiger partial charge in [0.05, 0.1) is 0 Å². The molecule has 0 amide bonds. The molecule has 1 rings (SSSR count). The molecule has 0 radical (unpaired) electrons. The van der Waals surface area contributed by atoms with Gasteiger partial charge in [-0.1, -0.05) is 45.6 Å². The first kappa shape index (κ1) is 16.2. The summed E-state index contributed by atoms with van der Waals surface area (Å²) in [6.07, 6.45) is 7.39. The molecular formula is C17H28FN. The van der Waals surface area contributed by atoms with E-state index < -0.39 is 0 Å². The van der Waals surface area contributed by atoms with Crippen LogP contribution in [0.4, 0.5) is 4.39 Å². The Morgan fingerprint density at radius 1 is 1.11 bits per heavy atom. The quantitative estimate of drug-likeness (QED) is 0.609. The third kappa shape index (κ3) is 5.73. The van der Waals surface area contributed by atoms with Gasteiger partial charge in [0.25, 0.3) is 0 Å². The number of halogens is 1. The minimum atomic E-state index is -0.138. The van der Waals surface area contributed by atoms with Crippen LogP contribution in [0.3, 0.4) is 0 Å². The number of unbranched alkanes of at least 4 members (excludes halogenated alkanes) is 3. The molecule has 1 aromatic rings. The van der Waals surface area contributed by atoms with Gasteiger partial charge in [0.15, 0.2) is 0 Å². The van der Waals surface area contributed by atoms with Gasteiger partial charge in [0, 0.05) is 6.04 Å². The van der Waals surface area contributed by atoms with Crippen LogP contribution in [-0.4, -0.2) is 6.54 Å². The van der Waals surface area contributed by atoms with Crippen LogP contribution in [0, 0.1) is 12.7 Å². The Labute approximate surface area is 117 Å². The van der Waals surface area contributed by atoms with E-state index in [1.54, 1.807) is 12.1 Å². The summed E-state index contributed by atoms with van der Waals surface area (Å²) >= 11 is 0.